The summed E-state index contributed by atoms with van der Waals surface area (Å²) in [5.74, 6) is -1.07. The number of carboxylic acid groups (broad SMARTS) is 1. The molecule has 0 heterocycles. The van der Waals surface area contributed by atoms with E-state index in [2.05, 4.69) is 0 Å². The number of rotatable bonds is 1. The van der Waals surface area contributed by atoms with Gasteiger partial charge in [0.2, 0.25) is 0 Å². The van der Waals surface area contributed by atoms with Crippen molar-refractivity contribution in [1.82, 2.24) is 0 Å². The quantitative estimate of drug-likeness (QED) is 0.764. The molecule has 0 bridgehead atoms. The van der Waals surface area contributed by atoms with Crippen LogP contribution in [0, 0.1) is 11.3 Å². The van der Waals surface area contributed by atoms with E-state index < -0.39 is 5.97 Å². The molecule has 0 unspecified atom stereocenters. The average Bonchev–Trinajstić information content (AvgIpc) is 2.04. The molecule has 0 aromatic heterocycles. The summed E-state index contributed by atoms with van der Waals surface area (Å²) in [7, 11) is 0. The number of benzene rings is 1. The van der Waals surface area contributed by atoms with Crippen molar-refractivity contribution in [3.63, 3.8) is 0 Å². The van der Waals surface area contributed by atoms with Crippen molar-refractivity contribution < 1.29 is 9.90 Å². The zero-order chi connectivity index (χ0) is 8.27. The van der Waals surface area contributed by atoms with Crippen LogP contribution in [0.1, 0.15) is 15.9 Å². The van der Waals surface area contributed by atoms with Gasteiger partial charge < -0.3 is 5.11 Å². The van der Waals surface area contributed by atoms with E-state index in [9.17, 15) is 4.79 Å². The van der Waals surface area contributed by atoms with E-state index in [-0.39, 0.29) is 38.4 Å². The van der Waals surface area contributed by atoms with Gasteiger partial charge in [0, 0.05) is 27.3 Å². The maximum atomic E-state index is 10.4. The van der Waals surface area contributed by atoms with Gasteiger partial charge in [-0.25, -0.2) is 4.79 Å². The van der Waals surface area contributed by atoms with Gasteiger partial charge in [-0.1, -0.05) is 12.1 Å². The van der Waals surface area contributed by atoms with Crippen LogP contribution in [0.15, 0.2) is 24.3 Å². The standard InChI is InChI=1S/C8H5NO2.Tl/c9-5-6-3-1-2-4-7(6)8(10)11;/h1-4H,(H,10,11);. The van der Waals surface area contributed by atoms with Crippen LogP contribution in [-0.4, -0.2) is 38.4 Å². The summed E-state index contributed by atoms with van der Waals surface area (Å²) in [6, 6.07) is 7.89. The molecule has 57 valence electrons. The summed E-state index contributed by atoms with van der Waals surface area (Å²) in [6.45, 7) is 0. The van der Waals surface area contributed by atoms with Crippen molar-refractivity contribution in [3.05, 3.63) is 35.4 Å². The van der Waals surface area contributed by atoms with Gasteiger partial charge in [-0.3, -0.25) is 0 Å². The molecular formula is C8H5NO2Tl. The number of nitrogens with zero attached hydrogens (tertiary/aromatic N) is 1. The second-order valence-corrected chi connectivity index (χ2v) is 1.96. The van der Waals surface area contributed by atoms with Crippen LogP contribution in [0.25, 0.3) is 0 Å². The predicted octanol–water partition coefficient (Wildman–Crippen LogP) is 0.876. The maximum Gasteiger partial charge on any atom is 0.337 e. The fraction of sp³-hybridized carbons (Fsp3) is 0. The molecule has 0 aliphatic carbocycles. The Kier molecular flexibility index (Phi) is 4.51. The third-order valence-corrected chi connectivity index (χ3v) is 1.28. The SMILES string of the molecule is N#Cc1ccccc1C(=O)O.[Tl]. The summed E-state index contributed by atoms with van der Waals surface area (Å²) < 4.78 is 0. The van der Waals surface area contributed by atoms with E-state index in [0.29, 0.717) is 0 Å². The van der Waals surface area contributed by atoms with Crippen LogP contribution in [0.4, 0.5) is 0 Å². The van der Waals surface area contributed by atoms with Crippen molar-refractivity contribution in [2.24, 2.45) is 0 Å². The van der Waals surface area contributed by atoms with Crippen molar-refractivity contribution in [3.8, 4) is 6.07 Å². The van der Waals surface area contributed by atoms with E-state index >= 15 is 0 Å². The Hall–Kier alpha value is -0.898. The van der Waals surface area contributed by atoms with Crippen molar-refractivity contribution in [2.75, 3.05) is 0 Å². The van der Waals surface area contributed by atoms with Crippen LogP contribution < -0.4 is 0 Å². The van der Waals surface area contributed by atoms with Gasteiger partial charge >= 0.3 is 5.97 Å². The minimum atomic E-state index is -1.07. The van der Waals surface area contributed by atoms with Gasteiger partial charge in [-0.2, -0.15) is 5.26 Å². The second kappa shape index (κ2) is 4.88. The minimum Gasteiger partial charge on any atom is -0.478 e. The van der Waals surface area contributed by atoms with Gasteiger partial charge in [0.1, 0.15) is 6.07 Å². The Labute approximate surface area is 89.8 Å². The van der Waals surface area contributed by atoms with Crippen LogP contribution in [-0.2, 0) is 0 Å². The Morgan fingerprint density at radius 3 is 2.42 bits per heavy atom. The molecule has 0 amide bonds. The molecule has 1 rings (SSSR count). The number of carbonyl (C=O) groups is 1. The van der Waals surface area contributed by atoms with E-state index in [4.69, 9.17) is 10.4 Å². The maximum absolute atomic E-state index is 10.4. The minimum absolute atomic E-state index is 0. The predicted molar refractivity (Wildman–Crippen MR) is 43.9 cm³/mol. The summed E-state index contributed by atoms with van der Waals surface area (Å²) in [4.78, 5) is 10.4. The molecule has 1 aromatic rings. The summed E-state index contributed by atoms with van der Waals surface area (Å²) in [5, 5.41) is 17.0. The van der Waals surface area contributed by atoms with Crippen molar-refractivity contribution in [1.29, 1.82) is 5.26 Å². The van der Waals surface area contributed by atoms with Gasteiger partial charge in [0.15, 0.2) is 0 Å². The summed E-state index contributed by atoms with van der Waals surface area (Å²) in [6.07, 6.45) is 0. The molecule has 0 aliphatic heterocycles. The van der Waals surface area contributed by atoms with Crippen LogP contribution in [0.3, 0.4) is 0 Å². The van der Waals surface area contributed by atoms with E-state index in [1.807, 2.05) is 0 Å². The summed E-state index contributed by atoms with van der Waals surface area (Å²) >= 11 is 0. The number of aromatic carboxylic acids is 1. The topological polar surface area (TPSA) is 61.1 Å². The molecule has 3 nitrogen and oxygen atoms in total. The Morgan fingerprint density at radius 1 is 1.42 bits per heavy atom. The second-order valence-electron chi connectivity index (χ2n) is 1.96. The molecule has 1 N–H and O–H groups in total. The summed E-state index contributed by atoms with van der Waals surface area (Å²) in [5.41, 5.74) is 0.245. The van der Waals surface area contributed by atoms with Crippen LogP contribution in [0.5, 0.6) is 0 Å². The van der Waals surface area contributed by atoms with E-state index in [1.54, 1.807) is 18.2 Å². The normalized spacial score (nSPS) is 7.92. The van der Waals surface area contributed by atoms with Crippen molar-refractivity contribution in [2.45, 2.75) is 0 Å². The number of carboxylic acids is 1. The molecule has 0 saturated carbocycles. The molecule has 0 fully saturated rings. The Morgan fingerprint density at radius 2 is 2.00 bits per heavy atom. The van der Waals surface area contributed by atoms with Gasteiger partial charge in [0.25, 0.3) is 0 Å². The zero-order valence-electron chi connectivity index (χ0n) is 6.19. The molecule has 0 atom stereocenters. The zero-order valence-corrected chi connectivity index (χ0v) is 10.7. The first-order chi connectivity index (χ1) is 5.25. The number of hydrogen-bond acceptors (Lipinski definition) is 2. The van der Waals surface area contributed by atoms with Gasteiger partial charge in [-0.15, -0.1) is 0 Å². The first-order valence-corrected chi connectivity index (χ1v) is 2.98. The molecule has 1 aromatic carbocycles. The van der Waals surface area contributed by atoms with E-state index in [1.165, 1.54) is 12.1 Å². The number of hydrogen-bond donors (Lipinski definition) is 1. The molecule has 0 aliphatic rings. The van der Waals surface area contributed by atoms with Crippen LogP contribution >= 0.6 is 0 Å². The molecule has 12 heavy (non-hydrogen) atoms. The van der Waals surface area contributed by atoms with E-state index in [0.717, 1.165) is 0 Å². The third kappa shape index (κ3) is 2.30. The average molecular weight is 352 g/mol. The third-order valence-electron chi connectivity index (χ3n) is 1.28. The monoisotopic (exact) mass is 352 g/mol. The Bertz CT molecular complexity index is 330. The van der Waals surface area contributed by atoms with Crippen LogP contribution in [0.2, 0.25) is 0 Å². The largest absolute Gasteiger partial charge is 0.478 e. The van der Waals surface area contributed by atoms with Gasteiger partial charge in [0.05, 0.1) is 11.1 Å². The van der Waals surface area contributed by atoms with Gasteiger partial charge in [-0.05, 0) is 12.1 Å². The number of nitriles is 1. The smallest absolute Gasteiger partial charge is 0.337 e. The molecule has 0 saturated heterocycles. The molecule has 1 radical (unpaired) electrons. The van der Waals surface area contributed by atoms with Crippen molar-refractivity contribution >= 4 is 33.3 Å². The molecule has 4 heteroatoms. The fourth-order valence-electron chi connectivity index (χ4n) is 0.767. The Balaban J connectivity index is 0.00000121. The first-order valence-electron chi connectivity index (χ1n) is 2.98. The first kappa shape index (κ1) is 11.1. The fourth-order valence-corrected chi connectivity index (χ4v) is 0.767. The molecule has 0 spiro atoms. The molecular weight excluding hydrogens is 346 g/mol.